The van der Waals surface area contributed by atoms with Gasteiger partial charge in [0.1, 0.15) is 0 Å². The SMILES string of the molecule is Cc1ccc(-c2ccc(N=C(N)N=C(N)N)cc2)cc1. The molecule has 2 rings (SSSR count). The second-order valence-electron chi connectivity index (χ2n) is 4.42. The van der Waals surface area contributed by atoms with Crippen molar-refractivity contribution in [3.63, 3.8) is 0 Å². The molecule has 0 spiro atoms. The summed E-state index contributed by atoms with van der Waals surface area (Å²) in [5.74, 6) is -0.0735. The van der Waals surface area contributed by atoms with E-state index in [0.29, 0.717) is 5.69 Å². The van der Waals surface area contributed by atoms with Crippen LogP contribution in [0.1, 0.15) is 5.56 Å². The molecule has 0 radical (unpaired) electrons. The van der Waals surface area contributed by atoms with E-state index in [-0.39, 0.29) is 11.9 Å². The number of nitrogens with zero attached hydrogens (tertiary/aromatic N) is 2. The fourth-order valence-corrected chi connectivity index (χ4v) is 1.76. The summed E-state index contributed by atoms with van der Waals surface area (Å²) in [7, 11) is 0. The number of aliphatic imine (C=N–C) groups is 2. The van der Waals surface area contributed by atoms with Gasteiger partial charge in [-0.2, -0.15) is 4.99 Å². The molecule has 2 aromatic carbocycles. The van der Waals surface area contributed by atoms with Crippen molar-refractivity contribution in [2.24, 2.45) is 27.2 Å². The van der Waals surface area contributed by atoms with Gasteiger partial charge in [0.25, 0.3) is 0 Å². The van der Waals surface area contributed by atoms with Gasteiger partial charge in [-0.3, -0.25) is 0 Å². The minimum Gasteiger partial charge on any atom is -0.370 e. The fourth-order valence-electron chi connectivity index (χ4n) is 1.76. The van der Waals surface area contributed by atoms with Gasteiger partial charge in [0, 0.05) is 0 Å². The molecule has 5 nitrogen and oxygen atoms in total. The molecule has 102 valence electrons. The number of benzene rings is 2. The van der Waals surface area contributed by atoms with Crippen LogP contribution >= 0.6 is 0 Å². The zero-order valence-electron chi connectivity index (χ0n) is 11.2. The van der Waals surface area contributed by atoms with E-state index in [0.717, 1.165) is 11.1 Å². The first-order valence-corrected chi connectivity index (χ1v) is 6.15. The maximum Gasteiger partial charge on any atom is 0.223 e. The molecule has 20 heavy (non-hydrogen) atoms. The molecule has 0 unspecified atom stereocenters. The van der Waals surface area contributed by atoms with Crippen LogP contribution in [0.15, 0.2) is 58.5 Å². The first-order valence-electron chi connectivity index (χ1n) is 6.15. The van der Waals surface area contributed by atoms with Crippen LogP contribution in [0.25, 0.3) is 11.1 Å². The Kier molecular flexibility index (Phi) is 4.00. The Balaban J connectivity index is 2.22. The van der Waals surface area contributed by atoms with Crippen LogP contribution in [-0.2, 0) is 0 Å². The largest absolute Gasteiger partial charge is 0.370 e. The van der Waals surface area contributed by atoms with Crippen molar-refractivity contribution < 1.29 is 0 Å². The summed E-state index contributed by atoms with van der Waals surface area (Å²) in [4.78, 5) is 7.76. The van der Waals surface area contributed by atoms with E-state index in [4.69, 9.17) is 17.2 Å². The number of nitrogens with two attached hydrogens (primary N) is 3. The first-order chi connectivity index (χ1) is 9.54. The lowest BCUT2D eigenvalue weighted by atomic mass is 10.0. The Bertz CT molecular complexity index is 635. The van der Waals surface area contributed by atoms with Gasteiger partial charge in [0.2, 0.25) is 5.96 Å². The Hall–Kier alpha value is -2.82. The Morgan fingerprint density at radius 2 is 1.30 bits per heavy atom. The van der Waals surface area contributed by atoms with Crippen LogP contribution in [0, 0.1) is 6.92 Å². The molecule has 0 saturated heterocycles. The molecule has 0 bridgehead atoms. The van der Waals surface area contributed by atoms with Crippen molar-refractivity contribution in [3.05, 3.63) is 54.1 Å². The van der Waals surface area contributed by atoms with Crippen LogP contribution in [0.4, 0.5) is 5.69 Å². The van der Waals surface area contributed by atoms with Crippen LogP contribution in [0.5, 0.6) is 0 Å². The first kappa shape index (κ1) is 13.6. The van der Waals surface area contributed by atoms with Crippen molar-refractivity contribution in [1.82, 2.24) is 0 Å². The van der Waals surface area contributed by atoms with E-state index >= 15 is 0 Å². The maximum absolute atomic E-state index is 5.57. The quantitative estimate of drug-likeness (QED) is 0.571. The van der Waals surface area contributed by atoms with E-state index in [2.05, 4.69) is 41.2 Å². The Morgan fingerprint density at radius 3 is 1.80 bits per heavy atom. The minimum absolute atomic E-state index is 0.0353. The molecule has 0 aromatic heterocycles. The highest BCUT2D eigenvalue weighted by molar-refractivity contribution is 5.93. The zero-order chi connectivity index (χ0) is 14.5. The number of hydrogen-bond acceptors (Lipinski definition) is 1. The Labute approximate surface area is 117 Å². The van der Waals surface area contributed by atoms with E-state index < -0.39 is 0 Å². The van der Waals surface area contributed by atoms with Gasteiger partial charge in [0.15, 0.2) is 5.96 Å². The molecular formula is C15H17N5. The molecule has 0 amide bonds. The average molecular weight is 267 g/mol. The van der Waals surface area contributed by atoms with Crippen molar-refractivity contribution in [3.8, 4) is 11.1 Å². The zero-order valence-corrected chi connectivity index (χ0v) is 11.2. The molecule has 0 saturated carbocycles. The molecule has 0 aliphatic rings. The normalized spacial score (nSPS) is 11.2. The molecule has 0 fully saturated rings. The van der Waals surface area contributed by atoms with Crippen LogP contribution in [0.2, 0.25) is 0 Å². The summed E-state index contributed by atoms with van der Waals surface area (Å²) < 4.78 is 0. The van der Waals surface area contributed by atoms with Gasteiger partial charge in [-0.1, -0.05) is 42.0 Å². The number of guanidine groups is 2. The molecule has 0 heterocycles. The van der Waals surface area contributed by atoms with E-state index in [1.54, 1.807) is 0 Å². The Morgan fingerprint density at radius 1 is 0.800 bits per heavy atom. The third kappa shape index (κ3) is 3.58. The van der Waals surface area contributed by atoms with Gasteiger partial charge < -0.3 is 17.2 Å². The van der Waals surface area contributed by atoms with E-state index in [9.17, 15) is 0 Å². The summed E-state index contributed by atoms with van der Waals surface area (Å²) in [6.45, 7) is 2.06. The summed E-state index contributed by atoms with van der Waals surface area (Å²) in [6.07, 6.45) is 0. The summed E-state index contributed by atoms with van der Waals surface area (Å²) >= 11 is 0. The van der Waals surface area contributed by atoms with Crippen LogP contribution in [-0.4, -0.2) is 11.9 Å². The minimum atomic E-state index is -0.109. The standard InChI is InChI=1S/C15H17N5/c1-10-2-4-11(5-3-10)12-6-8-13(9-7-12)19-15(18)20-14(16)17/h2-9H,1H3,(H6,16,17,18,19,20). The fraction of sp³-hybridized carbons (Fsp3) is 0.0667. The highest BCUT2D eigenvalue weighted by Gasteiger charge is 1.98. The molecule has 2 aromatic rings. The number of aryl methyl sites for hydroxylation is 1. The maximum atomic E-state index is 5.57. The highest BCUT2D eigenvalue weighted by Crippen LogP contribution is 2.22. The van der Waals surface area contributed by atoms with E-state index in [1.807, 2.05) is 24.3 Å². The molecule has 0 aliphatic heterocycles. The molecule has 0 aliphatic carbocycles. The second kappa shape index (κ2) is 5.88. The topological polar surface area (TPSA) is 103 Å². The monoisotopic (exact) mass is 267 g/mol. The third-order valence-corrected chi connectivity index (χ3v) is 2.74. The van der Waals surface area contributed by atoms with Gasteiger partial charge in [-0.05, 0) is 30.2 Å². The van der Waals surface area contributed by atoms with Crippen LogP contribution < -0.4 is 17.2 Å². The second-order valence-corrected chi connectivity index (χ2v) is 4.42. The van der Waals surface area contributed by atoms with Gasteiger partial charge in [0.05, 0.1) is 5.69 Å². The lowest BCUT2D eigenvalue weighted by Crippen LogP contribution is -2.26. The molecule has 6 N–H and O–H groups in total. The van der Waals surface area contributed by atoms with Crippen LogP contribution in [0.3, 0.4) is 0 Å². The molecule has 0 atom stereocenters. The lowest BCUT2D eigenvalue weighted by Gasteiger charge is -2.03. The average Bonchev–Trinajstić information content (AvgIpc) is 2.39. The predicted molar refractivity (Wildman–Crippen MR) is 83.7 cm³/mol. The van der Waals surface area contributed by atoms with Crippen molar-refractivity contribution in [2.45, 2.75) is 6.92 Å². The van der Waals surface area contributed by atoms with Crippen molar-refractivity contribution in [1.29, 1.82) is 0 Å². The predicted octanol–water partition coefficient (Wildman–Crippen LogP) is 1.88. The summed E-state index contributed by atoms with van der Waals surface area (Å²) in [5, 5.41) is 0. The van der Waals surface area contributed by atoms with E-state index in [1.165, 1.54) is 5.56 Å². The molecular weight excluding hydrogens is 250 g/mol. The summed E-state index contributed by atoms with van der Waals surface area (Å²) in [5.41, 5.74) is 20.2. The van der Waals surface area contributed by atoms with Gasteiger partial charge >= 0.3 is 0 Å². The smallest absolute Gasteiger partial charge is 0.223 e. The molecule has 5 heteroatoms. The lowest BCUT2D eigenvalue weighted by molar-refractivity contribution is 1.38. The van der Waals surface area contributed by atoms with Gasteiger partial charge in [-0.15, -0.1) is 0 Å². The van der Waals surface area contributed by atoms with Gasteiger partial charge in [-0.25, -0.2) is 4.99 Å². The number of hydrogen-bond donors (Lipinski definition) is 3. The highest BCUT2D eigenvalue weighted by atomic mass is 15.1. The van der Waals surface area contributed by atoms with Crippen molar-refractivity contribution in [2.75, 3.05) is 0 Å². The summed E-state index contributed by atoms with van der Waals surface area (Å²) in [6, 6.07) is 16.0. The van der Waals surface area contributed by atoms with Crippen molar-refractivity contribution >= 4 is 17.6 Å². The third-order valence-electron chi connectivity index (χ3n) is 2.74. The number of rotatable bonds is 2.